The predicted octanol–water partition coefficient (Wildman–Crippen LogP) is 3.43. The van der Waals surface area contributed by atoms with Gasteiger partial charge in [0, 0.05) is 11.9 Å². The van der Waals surface area contributed by atoms with Crippen LogP contribution in [0.1, 0.15) is 51.9 Å². The quantitative estimate of drug-likeness (QED) is 0.702. The van der Waals surface area contributed by atoms with E-state index in [1.165, 1.54) is 38.5 Å². The normalized spacial score (nSPS) is 29.3. The Kier molecular flexibility index (Phi) is 4.73. The highest BCUT2D eigenvalue weighted by molar-refractivity contribution is 6.20. The third-order valence-corrected chi connectivity index (χ3v) is 4.50. The number of likely N-dealkylation sites (N-methyl/N-ethyl adjacent to an activating group) is 1. The van der Waals surface area contributed by atoms with Gasteiger partial charge in [0.2, 0.25) is 0 Å². The van der Waals surface area contributed by atoms with Crippen LogP contribution in [0.15, 0.2) is 0 Å². The first kappa shape index (κ1) is 13.6. The van der Waals surface area contributed by atoms with Gasteiger partial charge in [0.1, 0.15) is 0 Å². The molecule has 1 aliphatic heterocycles. The lowest BCUT2D eigenvalue weighted by atomic mass is 9.98. The minimum atomic E-state index is 0.281. The van der Waals surface area contributed by atoms with Crippen molar-refractivity contribution in [2.75, 3.05) is 20.1 Å². The van der Waals surface area contributed by atoms with Crippen molar-refractivity contribution in [3.63, 3.8) is 0 Å². The van der Waals surface area contributed by atoms with Gasteiger partial charge in [0.25, 0.3) is 0 Å². The van der Waals surface area contributed by atoms with Crippen LogP contribution in [-0.2, 0) is 4.74 Å². The highest BCUT2D eigenvalue weighted by atomic mass is 35.5. The summed E-state index contributed by atoms with van der Waals surface area (Å²) in [5.74, 6) is 0. The molecule has 2 unspecified atom stereocenters. The van der Waals surface area contributed by atoms with Gasteiger partial charge in [-0.05, 0) is 52.6 Å². The largest absolute Gasteiger partial charge is 0.370 e. The van der Waals surface area contributed by atoms with Crippen molar-refractivity contribution in [3.05, 3.63) is 0 Å². The molecule has 1 saturated carbocycles. The van der Waals surface area contributed by atoms with E-state index in [2.05, 4.69) is 18.9 Å². The number of alkyl halides is 1. The fraction of sp³-hybridized carbons (Fsp3) is 1.00. The van der Waals surface area contributed by atoms with Crippen LogP contribution in [0, 0.1) is 0 Å². The maximum atomic E-state index is 6.31. The van der Waals surface area contributed by atoms with Crippen LogP contribution >= 0.6 is 11.6 Å². The van der Waals surface area contributed by atoms with Crippen molar-refractivity contribution in [2.45, 2.75) is 69.0 Å². The van der Waals surface area contributed by atoms with Crippen LogP contribution in [-0.4, -0.2) is 42.1 Å². The Morgan fingerprint density at radius 3 is 2.71 bits per heavy atom. The van der Waals surface area contributed by atoms with Crippen molar-refractivity contribution in [1.29, 1.82) is 0 Å². The van der Waals surface area contributed by atoms with E-state index >= 15 is 0 Å². The fourth-order valence-electron chi connectivity index (χ4n) is 3.25. The molecule has 1 saturated heterocycles. The molecule has 0 bridgehead atoms. The summed E-state index contributed by atoms with van der Waals surface area (Å²) < 4.78 is 6.31. The minimum absolute atomic E-state index is 0.281. The van der Waals surface area contributed by atoms with Gasteiger partial charge < -0.3 is 9.64 Å². The average Bonchev–Trinajstić information content (AvgIpc) is 2.87. The van der Waals surface area contributed by atoms with Gasteiger partial charge in [0.05, 0.1) is 11.7 Å². The van der Waals surface area contributed by atoms with E-state index in [1.807, 2.05) is 0 Å². The number of hydrogen-bond donors (Lipinski definition) is 0. The van der Waals surface area contributed by atoms with Gasteiger partial charge in [-0.1, -0.05) is 12.8 Å². The molecule has 17 heavy (non-hydrogen) atoms. The maximum absolute atomic E-state index is 6.31. The van der Waals surface area contributed by atoms with Gasteiger partial charge in [-0.15, -0.1) is 11.6 Å². The topological polar surface area (TPSA) is 12.5 Å². The molecule has 1 heterocycles. The number of ether oxygens (including phenoxy) is 1. The van der Waals surface area contributed by atoms with Gasteiger partial charge >= 0.3 is 0 Å². The number of rotatable bonds is 5. The molecule has 2 rings (SSSR count). The van der Waals surface area contributed by atoms with E-state index in [-0.39, 0.29) is 11.0 Å². The third-order valence-electron chi connectivity index (χ3n) is 4.28. The Labute approximate surface area is 111 Å². The lowest BCUT2D eigenvalue weighted by molar-refractivity contribution is -0.0451. The summed E-state index contributed by atoms with van der Waals surface area (Å²) in [5, 5.41) is 0.281. The summed E-state index contributed by atoms with van der Waals surface area (Å²) in [4.78, 5) is 2.37. The first-order chi connectivity index (χ1) is 8.10. The second kappa shape index (κ2) is 5.90. The summed E-state index contributed by atoms with van der Waals surface area (Å²) in [6.07, 6.45) is 9.40. The lowest BCUT2D eigenvalue weighted by Crippen LogP contribution is -2.33. The summed E-state index contributed by atoms with van der Waals surface area (Å²) in [5.41, 5.74) is 0.283. The summed E-state index contributed by atoms with van der Waals surface area (Å²) in [7, 11) is 2.18. The van der Waals surface area contributed by atoms with Gasteiger partial charge in [-0.2, -0.15) is 0 Å². The SMILES string of the molecule is CC(Cl)CCN(C)CC1CCC2(CCCC2)O1. The Bertz CT molecular complexity index is 238. The Morgan fingerprint density at radius 2 is 2.06 bits per heavy atom. The number of halogens is 1. The monoisotopic (exact) mass is 259 g/mol. The molecule has 2 fully saturated rings. The average molecular weight is 260 g/mol. The molecule has 0 aromatic rings. The molecule has 2 nitrogen and oxygen atoms in total. The van der Waals surface area contributed by atoms with E-state index < -0.39 is 0 Å². The van der Waals surface area contributed by atoms with Crippen LogP contribution in [0.5, 0.6) is 0 Å². The van der Waals surface area contributed by atoms with Gasteiger partial charge in [-0.3, -0.25) is 0 Å². The molecule has 3 heteroatoms. The van der Waals surface area contributed by atoms with Crippen LogP contribution < -0.4 is 0 Å². The molecule has 2 aliphatic rings. The molecule has 2 atom stereocenters. The van der Waals surface area contributed by atoms with Crippen molar-refractivity contribution < 1.29 is 4.74 Å². The molecule has 0 N–H and O–H groups in total. The number of hydrogen-bond acceptors (Lipinski definition) is 2. The summed E-state index contributed by atoms with van der Waals surface area (Å²) in [6.45, 7) is 4.22. The van der Waals surface area contributed by atoms with E-state index in [0.717, 1.165) is 19.5 Å². The van der Waals surface area contributed by atoms with Crippen LogP contribution in [0.4, 0.5) is 0 Å². The molecular weight excluding hydrogens is 234 g/mol. The smallest absolute Gasteiger partial charge is 0.0710 e. The van der Waals surface area contributed by atoms with Gasteiger partial charge in [0.15, 0.2) is 0 Å². The lowest BCUT2D eigenvalue weighted by Gasteiger charge is -2.26. The molecule has 0 aromatic heterocycles. The summed E-state index contributed by atoms with van der Waals surface area (Å²) in [6, 6.07) is 0. The molecule has 0 amide bonds. The van der Waals surface area contributed by atoms with Crippen LogP contribution in [0.3, 0.4) is 0 Å². The molecule has 0 aromatic carbocycles. The highest BCUT2D eigenvalue weighted by Gasteiger charge is 2.42. The Balaban J connectivity index is 1.70. The summed E-state index contributed by atoms with van der Waals surface area (Å²) >= 11 is 5.98. The van der Waals surface area contributed by atoms with Gasteiger partial charge in [-0.25, -0.2) is 0 Å². The van der Waals surface area contributed by atoms with E-state index in [0.29, 0.717) is 6.10 Å². The molecule has 1 spiro atoms. The maximum Gasteiger partial charge on any atom is 0.0710 e. The van der Waals surface area contributed by atoms with Crippen molar-refractivity contribution in [1.82, 2.24) is 4.90 Å². The first-order valence-corrected chi connectivity index (χ1v) is 7.54. The second-order valence-electron chi connectivity index (χ2n) is 6.00. The first-order valence-electron chi connectivity index (χ1n) is 7.10. The molecule has 0 radical (unpaired) electrons. The zero-order valence-electron chi connectivity index (χ0n) is 11.3. The van der Waals surface area contributed by atoms with Crippen molar-refractivity contribution in [2.24, 2.45) is 0 Å². The Morgan fingerprint density at radius 1 is 1.35 bits per heavy atom. The van der Waals surface area contributed by atoms with Crippen LogP contribution in [0.2, 0.25) is 0 Å². The number of nitrogens with zero attached hydrogens (tertiary/aromatic N) is 1. The van der Waals surface area contributed by atoms with E-state index in [4.69, 9.17) is 16.3 Å². The predicted molar refractivity (Wildman–Crippen MR) is 72.7 cm³/mol. The zero-order chi connectivity index (χ0) is 12.3. The standard InChI is InChI=1S/C14H26ClNO/c1-12(15)6-10-16(2)11-13-5-9-14(17-13)7-3-4-8-14/h12-13H,3-11H2,1-2H3. The molecule has 100 valence electrons. The second-order valence-corrected chi connectivity index (χ2v) is 6.75. The zero-order valence-corrected chi connectivity index (χ0v) is 12.0. The fourth-order valence-corrected chi connectivity index (χ4v) is 3.35. The van der Waals surface area contributed by atoms with Crippen molar-refractivity contribution >= 4 is 11.6 Å². The molecule has 1 aliphatic carbocycles. The van der Waals surface area contributed by atoms with Crippen LogP contribution in [0.25, 0.3) is 0 Å². The minimum Gasteiger partial charge on any atom is -0.370 e. The highest BCUT2D eigenvalue weighted by Crippen LogP contribution is 2.43. The van der Waals surface area contributed by atoms with E-state index in [9.17, 15) is 0 Å². The van der Waals surface area contributed by atoms with Crippen molar-refractivity contribution in [3.8, 4) is 0 Å². The van der Waals surface area contributed by atoms with E-state index in [1.54, 1.807) is 0 Å². The Hall–Kier alpha value is 0.210. The third kappa shape index (κ3) is 3.84. The molecular formula is C14H26ClNO.